The van der Waals surface area contributed by atoms with Gasteiger partial charge in [-0.15, -0.1) is 0 Å². The number of rotatable bonds is 4. The zero-order valence-electron chi connectivity index (χ0n) is 18.3. The second-order valence-corrected chi connectivity index (χ2v) is 8.88. The molecule has 0 radical (unpaired) electrons. The second kappa shape index (κ2) is 9.30. The van der Waals surface area contributed by atoms with Crippen LogP contribution in [0.25, 0.3) is 0 Å². The van der Waals surface area contributed by atoms with E-state index in [1.165, 1.54) is 17.2 Å². The van der Waals surface area contributed by atoms with Crippen LogP contribution in [0.3, 0.4) is 0 Å². The molecule has 0 atom stereocenters. The summed E-state index contributed by atoms with van der Waals surface area (Å²) >= 11 is 5.91. The zero-order valence-corrected chi connectivity index (χ0v) is 19.1. The quantitative estimate of drug-likeness (QED) is 0.468. The Labute approximate surface area is 186 Å². The second-order valence-electron chi connectivity index (χ2n) is 8.54. The summed E-state index contributed by atoms with van der Waals surface area (Å²) in [5.41, 5.74) is -0.379. The number of nitrogens with zero attached hydrogens (tertiary/aromatic N) is 3. The van der Waals surface area contributed by atoms with Gasteiger partial charge in [0.05, 0.1) is 11.4 Å². The van der Waals surface area contributed by atoms with E-state index < -0.39 is 23.4 Å². The molecule has 0 fully saturated rings. The van der Waals surface area contributed by atoms with Gasteiger partial charge in [-0.25, -0.2) is 19.5 Å². The Balaban J connectivity index is 2.45. The third-order valence-corrected chi connectivity index (χ3v) is 3.68. The van der Waals surface area contributed by atoms with Crippen LogP contribution in [-0.4, -0.2) is 39.6 Å². The third-order valence-electron chi connectivity index (χ3n) is 3.50. The van der Waals surface area contributed by atoms with Gasteiger partial charge in [-0.3, -0.25) is 5.32 Å². The van der Waals surface area contributed by atoms with Crippen LogP contribution in [0.5, 0.6) is 0 Å². The molecule has 1 aromatic heterocycles. The van der Waals surface area contributed by atoms with Crippen molar-refractivity contribution >= 4 is 47.2 Å². The van der Waals surface area contributed by atoms with E-state index in [1.807, 2.05) is 0 Å². The van der Waals surface area contributed by atoms with Gasteiger partial charge in [0.2, 0.25) is 5.28 Å². The molecule has 1 aromatic carbocycles. The SMILES string of the molecule is CC(C)(C)OC(=O)Nc1ccc(N(C(=O)OC(C)(C)C)c2ccnc(Cl)n2)cc1C=N. The first-order valence-electron chi connectivity index (χ1n) is 9.45. The predicted molar refractivity (Wildman–Crippen MR) is 120 cm³/mol. The minimum atomic E-state index is -0.755. The van der Waals surface area contributed by atoms with Crippen molar-refractivity contribution in [2.45, 2.75) is 52.7 Å². The van der Waals surface area contributed by atoms with Gasteiger partial charge in [-0.2, -0.15) is 4.98 Å². The smallest absolute Gasteiger partial charge is 0.420 e. The maximum atomic E-state index is 12.9. The Bertz CT molecular complexity index is 982. The van der Waals surface area contributed by atoms with Crippen molar-refractivity contribution in [3.8, 4) is 0 Å². The van der Waals surface area contributed by atoms with E-state index in [2.05, 4.69) is 15.3 Å². The number of amides is 2. The van der Waals surface area contributed by atoms with Crippen molar-refractivity contribution in [2.75, 3.05) is 10.2 Å². The summed E-state index contributed by atoms with van der Waals surface area (Å²) in [5.74, 6) is 0.193. The minimum absolute atomic E-state index is 0.0402. The Morgan fingerprint density at radius 3 is 2.29 bits per heavy atom. The summed E-state index contributed by atoms with van der Waals surface area (Å²) in [6, 6.07) is 6.19. The van der Waals surface area contributed by atoms with E-state index >= 15 is 0 Å². The molecule has 0 unspecified atom stereocenters. The molecule has 0 saturated heterocycles. The molecule has 9 nitrogen and oxygen atoms in total. The molecule has 2 amide bonds. The van der Waals surface area contributed by atoms with Crippen molar-refractivity contribution in [1.29, 1.82) is 5.41 Å². The predicted octanol–water partition coefficient (Wildman–Crippen LogP) is 5.55. The molecule has 0 aliphatic carbocycles. The van der Waals surface area contributed by atoms with Crippen LogP contribution >= 0.6 is 11.6 Å². The molecule has 2 rings (SSSR count). The normalized spacial score (nSPS) is 11.5. The number of carbonyl (C=O) groups excluding carboxylic acids is 2. The van der Waals surface area contributed by atoms with E-state index in [4.69, 9.17) is 26.5 Å². The van der Waals surface area contributed by atoms with Crippen molar-refractivity contribution in [2.24, 2.45) is 0 Å². The van der Waals surface area contributed by atoms with E-state index in [1.54, 1.807) is 59.7 Å². The van der Waals surface area contributed by atoms with Gasteiger partial charge in [-0.1, -0.05) is 0 Å². The largest absolute Gasteiger partial charge is 0.444 e. The Morgan fingerprint density at radius 1 is 1.10 bits per heavy atom. The Hall–Kier alpha value is -3.20. The number of nitrogens with one attached hydrogen (secondary N) is 2. The summed E-state index contributed by atoms with van der Waals surface area (Å²) in [6.45, 7) is 10.5. The highest BCUT2D eigenvalue weighted by Gasteiger charge is 2.27. The van der Waals surface area contributed by atoms with Gasteiger partial charge in [0, 0.05) is 24.0 Å². The number of hydrogen-bond acceptors (Lipinski definition) is 7. The summed E-state index contributed by atoms with van der Waals surface area (Å²) in [7, 11) is 0. The molecular formula is C21H26ClN5O4. The van der Waals surface area contributed by atoms with Crippen molar-refractivity contribution < 1.29 is 19.1 Å². The summed E-state index contributed by atoms with van der Waals surface area (Å²) in [6.07, 6.45) is 1.12. The molecule has 10 heteroatoms. The van der Waals surface area contributed by atoms with Crippen LogP contribution in [0.2, 0.25) is 5.28 Å². The van der Waals surface area contributed by atoms with Crippen molar-refractivity contribution in [3.63, 3.8) is 0 Å². The lowest BCUT2D eigenvalue weighted by Crippen LogP contribution is -2.34. The summed E-state index contributed by atoms with van der Waals surface area (Å²) < 4.78 is 10.8. The molecule has 0 aliphatic rings. The molecule has 31 heavy (non-hydrogen) atoms. The van der Waals surface area contributed by atoms with Gasteiger partial charge in [0.1, 0.15) is 17.0 Å². The lowest BCUT2D eigenvalue weighted by atomic mass is 10.1. The van der Waals surface area contributed by atoms with Crippen LogP contribution < -0.4 is 10.2 Å². The lowest BCUT2D eigenvalue weighted by molar-refractivity contribution is 0.0594. The van der Waals surface area contributed by atoms with Gasteiger partial charge >= 0.3 is 12.2 Å². The number of halogens is 1. The maximum Gasteiger partial charge on any atom is 0.420 e. The first kappa shape index (κ1) is 24.1. The van der Waals surface area contributed by atoms with E-state index in [9.17, 15) is 9.59 Å². The maximum absolute atomic E-state index is 12.9. The fourth-order valence-corrected chi connectivity index (χ4v) is 2.57. The van der Waals surface area contributed by atoms with Crippen LogP contribution in [0, 0.1) is 5.41 Å². The highest BCUT2D eigenvalue weighted by atomic mass is 35.5. The lowest BCUT2D eigenvalue weighted by Gasteiger charge is -2.27. The molecule has 0 aliphatic heterocycles. The zero-order chi connectivity index (χ0) is 23.4. The molecule has 2 aromatic rings. The van der Waals surface area contributed by atoms with Crippen LogP contribution in [0.4, 0.5) is 26.8 Å². The monoisotopic (exact) mass is 447 g/mol. The molecule has 1 heterocycles. The average molecular weight is 448 g/mol. The number of carbonyl (C=O) groups is 2. The highest BCUT2D eigenvalue weighted by Crippen LogP contribution is 2.30. The number of benzene rings is 1. The molecule has 166 valence electrons. The van der Waals surface area contributed by atoms with Crippen molar-refractivity contribution in [3.05, 3.63) is 41.3 Å². The minimum Gasteiger partial charge on any atom is -0.444 e. The van der Waals surface area contributed by atoms with Gasteiger partial charge in [0.25, 0.3) is 0 Å². The highest BCUT2D eigenvalue weighted by molar-refractivity contribution is 6.28. The van der Waals surface area contributed by atoms with Crippen LogP contribution in [-0.2, 0) is 9.47 Å². The first-order valence-corrected chi connectivity index (χ1v) is 9.83. The number of ether oxygens (including phenoxy) is 2. The summed E-state index contributed by atoms with van der Waals surface area (Å²) in [5, 5.41) is 10.3. The molecule has 2 N–H and O–H groups in total. The third kappa shape index (κ3) is 7.21. The van der Waals surface area contributed by atoms with Crippen LogP contribution in [0.1, 0.15) is 47.1 Å². The molecular weight excluding hydrogens is 422 g/mol. The first-order chi connectivity index (χ1) is 14.3. The van der Waals surface area contributed by atoms with E-state index in [-0.39, 0.29) is 11.1 Å². The molecule has 0 spiro atoms. The van der Waals surface area contributed by atoms with Gasteiger partial charge in [-0.05, 0) is 71.3 Å². The Morgan fingerprint density at radius 2 is 1.74 bits per heavy atom. The number of aromatic nitrogens is 2. The van der Waals surface area contributed by atoms with Gasteiger partial charge < -0.3 is 14.9 Å². The fraction of sp³-hybridized carbons (Fsp3) is 0.381. The van der Waals surface area contributed by atoms with Gasteiger partial charge in [0.15, 0.2) is 0 Å². The number of hydrogen-bond donors (Lipinski definition) is 2. The standard InChI is InChI=1S/C21H26ClN5O4/c1-20(2,3)30-18(28)25-15-8-7-14(11-13(15)12-23)27(19(29)31-21(4,5)6)16-9-10-24-17(22)26-16/h7-12,23H,1-6H3,(H,25,28). The Kier molecular flexibility index (Phi) is 7.22. The molecule has 0 saturated carbocycles. The topological polar surface area (TPSA) is 118 Å². The molecule has 0 bridgehead atoms. The fourth-order valence-electron chi connectivity index (χ4n) is 2.43. The van der Waals surface area contributed by atoms with E-state index in [0.717, 1.165) is 6.21 Å². The van der Waals surface area contributed by atoms with E-state index in [0.29, 0.717) is 16.9 Å². The van der Waals surface area contributed by atoms with Crippen LogP contribution in [0.15, 0.2) is 30.5 Å². The summed E-state index contributed by atoms with van der Waals surface area (Å²) in [4.78, 5) is 34.2. The average Bonchev–Trinajstić information content (AvgIpc) is 2.60. The number of anilines is 3. The van der Waals surface area contributed by atoms with Crippen molar-refractivity contribution in [1.82, 2.24) is 9.97 Å².